The number of nitro groups is 1. The minimum absolute atomic E-state index is 0.0963. The summed E-state index contributed by atoms with van der Waals surface area (Å²) in [5, 5.41) is 16.0. The van der Waals surface area contributed by atoms with E-state index in [1.54, 1.807) is 0 Å². The van der Waals surface area contributed by atoms with E-state index in [0.717, 1.165) is 44.1 Å². The van der Waals surface area contributed by atoms with Crippen LogP contribution in [0, 0.1) is 29.9 Å². The maximum absolute atomic E-state index is 10.9. The number of aromatic nitrogens is 3. The molecule has 1 aliphatic rings. The van der Waals surface area contributed by atoms with Crippen LogP contribution in [0.3, 0.4) is 0 Å². The van der Waals surface area contributed by atoms with Gasteiger partial charge in [0.2, 0.25) is 0 Å². The first-order chi connectivity index (χ1) is 11.8. The van der Waals surface area contributed by atoms with Crippen molar-refractivity contribution >= 4 is 34.6 Å². The van der Waals surface area contributed by atoms with E-state index in [9.17, 15) is 10.1 Å². The van der Waals surface area contributed by atoms with Crippen LogP contribution in [-0.2, 0) is 6.54 Å². The second-order valence-electron chi connectivity index (χ2n) is 6.36. The van der Waals surface area contributed by atoms with E-state index in [2.05, 4.69) is 15.0 Å². The van der Waals surface area contributed by atoms with Gasteiger partial charge in [-0.2, -0.15) is 5.10 Å². The minimum atomic E-state index is -0.490. The van der Waals surface area contributed by atoms with Gasteiger partial charge in [0.25, 0.3) is 5.69 Å². The van der Waals surface area contributed by atoms with Crippen molar-refractivity contribution in [3.8, 4) is 0 Å². The Morgan fingerprint density at radius 3 is 2.56 bits per heavy atom. The summed E-state index contributed by atoms with van der Waals surface area (Å²) in [6, 6.07) is 2.72. The highest BCUT2D eigenvalue weighted by Gasteiger charge is 2.26. The Kier molecular flexibility index (Phi) is 5.15. The molecule has 0 N–H and O–H groups in total. The molecule has 25 heavy (non-hydrogen) atoms. The number of rotatable bonds is 4. The van der Waals surface area contributed by atoms with Gasteiger partial charge in [0.15, 0.2) is 0 Å². The number of anilines is 1. The van der Waals surface area contributed by atoms with Gasteiger partial charge in [-0.1, -0.05) is 23.2 Å². The number of non-ortho nitro benzene ring substituents is 1. The molecule has 3 rings (SSSR count). The number of piperidine rings is 1. The molecule has 9 heteroatoms. The molecule has 0 radical (unpaired) electrons. The molecular weight excluding hydrogens is 365 g/mol. The fraction of sp³-hybridized carbons (Fsp3) is 0.500. The Labute approximate surface area is 155 Å². The summed E-state index contributed by atoms with van der Waals surface area (Å²) in [4.78, 5) is 16.9. The molecule has 1 atom stereocenters. The first kappa shape index (κ1) is 17.9. The molecule has 1 unspecified atom stereocenters. The molecule has 0 aliphatic carbocycles. The average Bonchev–Trinajstić information content (AvgIpc) is 2.84. The van der Waals surface area contributed by atoms with E-state index in [0.29, 0.717) is 21.7 Å². The summed E-state index contributed by atoms with van der Waals surface area (Å²) in [5.41, 5.74) is 0.575. The van der Waals surface area contributed by atoms with Crippen molar-refractivity contribution in [2.75, 3.05) is 18.0 Å². The summed E-state index contributed by atoms with van der Waals surface area (Å²) in [5.74, 6) is 2.06. The van der Waals surface area contributed by atoms with Gasteiger partial charge in [0.1, 0.15) is 11.6 Å². The first-order valence-electron chi connectivity index (χ1n) is 8.11. The van der Waals surface area contributed by atoms with Crippen LogP contribution in [0.5, 0.6) is 0 Å². The third kappa shape index (κ3) is 3.88. The van der Waals surface area contributed by atoms with Crippen molar-refractivity contribution in [3.05, 3.63) is 43.9 Å². The van der Waals surface area contributed by atoms with Gasteiger partial charge < -0.3 is 4.90 Å². The van der Waals surface area contributed by atoms with Crippen LogP contribution in [-0.4, -0.2) is 32.8 Å². The zero-order valence-corrected chi connectivity index (χ0v) is 15.6. The Balaban J connectivity index is 1.79. The fourth-order valence-corrected chi connectivity index (χ4v) is 4.07. The Hall–Kier alpha value is -1.86. The largest absolute Gasteiger partial charge is 0.369 e. The van der Waals surface area contributed by atoms with Crippen molar-refractivity contribution in [2.45, 2.75) is 33.2 Å². The van der Waals surface area contributed by atoms with Crippen LogP contribution in [0.2, 0.25) is 10.0 Å². The van der Waals surface area contributed by atoms with Crippen LogP contribution >= 0.6 is 23.2 Å². The van der Waals surface area contributed by atoms with Gasteiger partial charge in [-0.05, 0) is 32.6 Å². The maximum atomic E-state index is 10.9. The standard InChI is InChI=1S/C16H19Cl2N5O2/c1-10-19-11(2)22(20-10)9-12-4-3-5-21(8-12)16-14(17)6-13(23(24)25)7-15(16)18/h6-7,12H,3-5,8-9H2,1-2H3. The average molecular weight is 384 g/mol. The Morgan fingerprint density at radius 1 is 1.32 bits per heavy atom. The van der Waals surface area contributed by atoms with E-state index in [-0.39, 0.29) is 5.69 Å². The lowest BCUT2D eigenvalue weighted by atomic mass is 9.97. The lowest BCUT2D eigenvalue weighted by Crippen LogP contribution is -2.37. The quantitative estimate of drug-likeness (QED) is 0.588. The van der Waals surface area contributed by atoms with Gasteiger partial charge in [-0.3, -0.25) is 10.1 Å². The second-order valence-corrected chi connectivity index (χ2v) is 7.17. The van der Waals surface area contributed by atoms with Crippen LogP contribution in [0.4, 0.5) is 11.4 Å². The lowest BCUT2D eigenvalue weighted by Gasteiger charge is -2.35. The molecule has 1 aromatic carbocycles. The predicted molar refractivity (Wildman–Crippen MR) is 97.5 cm³/mol. The highest BCUT2D eigenvalue weighted by molar-refractivity contribution is 6.39. The van der Waals surface area contributed by atoms with Gasteiger partial charge in [-0.25, -0.2) is 9.67 Å². The molecule has 7 nitrogen and oxygen atoms in total. The zero-order valence-electron chi connectivity index (χ0n) is 14.1. The van der Waals surface area contributed by atoms with Gasteiger partial charge in [-0.15, -0.1) is 0 Å². The van der Waals surface area contributed by atoms with Crippen molar-refractivity contribution in [3.63, 3.8) is 0 Å². The third-order valence-corrected chi connectivity index (χ3v) is 5.02. The Morgan fingerprint density at radius 2 is 2.00 bits per heavy atom. The number of aryl methyl sites for hydroxylation is 2. The summed E-state index contributed by atoms with van der Waals surface area (Å²) < 4.78 is 1.93. The number of halogens is 2. The summed E-state index contributed by atoms with van der Waals surface area (Å²) in [7, 11) is 0. The van der Waals surface area contributed by atoms with Crippen molar-refractivity contribution in [1.29, 1.82) is 0 Å². The van der Waals surface area contributed by atoms with Gasteiger partial charge >= 0.3 is 0 Å². The molecular formula is C16H19Cl2N5O2. The summed E-state index contributed by atoms with van der Waals surface area (Å²) >= 11 is 12.6. The second kappa shape index (κ2) is 7.17. The highest BCUT2D eigenvalue weighted by atomic mass is 35.5. The van der Waals surface area contributed by atoms with Crippen molar-refractivity contribution < 1.29 is 4.92 Å². The molecule has 134 valence electrons. The number of nitro benzene ring substituents is 1. The molecule has 1 aromatic heterocycles. The van der Waals surface area contributed by atoms with Crippen LogP contribution in [0.25, 0.3) is 0 Å². The maximum Gasteiger partial charge on any atom is 0.272 e. The molecule has 0 saturated carbocycles. The van der Waals surface area contributed by atoms with Gasteiger partial charge in [0, 0.05) is 31.8 Å². The van der Waals surface area contributed by atoms with Gasteiger partial charge in [0.05, 0.1) is 20.7 Å². The summed E-state index contributed by atoms with van der Waals surface area (Å²) in [6.45, 7) is 6.21. The summed E-state index contributed by atoms with van der Waals surface area (Å²) in [6.07, 6.45) is 2.08. The first-order valence-corrected chi connectivity index (χ1v) is 8.87. The third-order valence-electron chi connectivity index (χ3n) is 4.44. The van der Waals surface area contributed by atoms with E-state index in [1.807, 2.05) is 18.5 Å². The SMILES string of the molecule is Cc1nc(C)n(CC2CCCN(c3c(Cl)cc([N+](=O)[O-])cc3Cl)C2)n1. The number of nitrogens with zero attached hydrogens (tertiary/aromatic N) is 5. The topological polar surface area (TPSA) is 77.1 Å². The van der Waals surface area contributed by atoms with Crippen LogP contribution in [0.15, 0.2) is 12.1 Å². The van der Waals surface area contributed by atoms with E-state index >= 15 is 0 Å². The molecule has 1 saturated heterocycles. The molecule has 0 bridgehead atoms. The monoisotopic (exact) mass is 383 g/mol. The molecule has 0 spiro atoms. The highest BCUT2D eigenvalue weighted by Crippen LogP contribution is 2.39. The molecule has 2 aromatic rings. The number of hydrogen-bond acceptors (Lipinski definition) is 5. The minimum Gasteiger partial charge on any atom is -0.369 e. The van der Waals surface area contributed by atoms with Crippen molar-refractivity contribution in [2.24, 2.45) is 5.92 Å². The zero-order chi connectivity index (χ0) is 18.1. The van der Waals surface area contributed by atoms with Crippen LogP contribution < -0.4 is 4.90 Å². The fourth-order valence-electron chi connectivity index (χ4n) is 3.36. The van der Waals surface area contributed by atoms with Crippen LogP contribution in [0.1, 0.15) is 24.5 Å². The molecule has 0 amide bonds. The van der Waals surface area contributed by atoms with E-state index in [4.69, 9.17) is 23.2 Å². The molecule has 1 fully saturated rings. The van der Waals surface area contributed by atoms with Crippen molar-refractivity contribution in [1.82, 2.24) is 14.8 Å². The van der Waals surface area contributed by atoms with E-state index < -0.39 is 4.92 Å². The Bertz CT molecular complexity index is 785. The number of benzene rings is 1. The lowest BCUT2D eigenvalue weighted by molar-refractivity contribution is -0.384. The van der Waals surface area contributed by atoms with E-state index in [1.165, 1.54) is 12.1 Å². The molecule has 1 aliphatic heterocycles. The number of hydrogen-bond donors (Lipinski definition) is 0. The predicted octanol–water partition coefficient (Wildman–Crippen LogP) is 4.03. The normalized spacial score (nSPS) is 17.8. The smallest absolute Gasteiger partial charge is 0.272 e. The molecule has 2 heterocycles.